The predicted octanol–water partition coefficient (Wildman–Crippen LogP) is 1.47. The van der Waals surface area contributed by atoms with Gasteiger partial charge in [0.2, 0.25) is 5.95 Å². The molecule has 7 nitrogen and oxygen atoms in total. The molecule has 23 heavy (non-hydrogen) atoms. The van der Waals surface area contributed by atoms with Crippen molar-refractivity contribution in [2.24, 2.45) is 7.05 Å². The molecule has 0 unspecified atom stereocenters. The zero-order valence-electron chi connectivity index (χ0n) is 13.4. The summed E-state index contributed by atoms with van der Waals surface area (Å²) >= 11 is 0. The molecule has 1 saturated carbocycles. The summed E-state index contributed by atoms with van der Waals surface area (Å²) in [6.45, 7) is 2.26. The van der Waals surface area contributed by atoms with E-state index in [1.165, 1.54) is 12.8 Å². The number of aromatic nitrogens is 4. The molecule has 2 aliphatic rings. The number of nitrogens with two attached hydrogens (primary N) is 1. The molecule has 1 atom stereocenters. The number of anilines is 2. The van der Waals surface area contributed by atoms with E-state index in [1.54, 1.807) is 0 Å². The fourth-order valence-corrected chi connectivity index (χ4v) is 3.08. The summed E-state index contributed by atoms with van der Waals surface area (Å²) < 4.78 is 7.53. The Kier molecular flexibility index (Phi) is 3.65. The van der Waals surface area contributed by atoms with E-state index < -0.39 is 0 Å². The van der Waals surface area contributed by atoms with Crippen LogP contribution >= 0.6 is 0 Å². The molecule has 0 bridgehead atoms. The highest BCUT2D eigenvalue weighted by Crippen LogP contribution is 2.34. The summed E-state index contributed by atoms with van der Waals surface area (Å²) in [6, 6.07) is 2.60. The van der Waals surface area contributed by atoms with Crippen molar-refractivity contribution < 1.29 is 4.74 Å². The van der Waals surface area contributed by atoms with Gasteiger partial charge in [-0.25, -0.2) is 9.97 Å². The third-order valence-electron chi connectivity index (χ3n) is 4.61. The number of imidazole rings is 1. The molecule has 2 aromatic rings. The Bertz CT molecular complexity index is 690. The molecule has 7 heteroatoms. The lowest BCUT2D eigenvalue weighted by atomic mass is 10.0. The van der Waals surface area contributed by atoms with Crippen LogP contribution in [0.5, 0.6) is 0 Å². The first kappa shape index (κ1) is 14.4. The maximum Gasteiger partial charge on any atom is 0.222 e. The molecule has 0 spiro atoms. The van der Waals surface area contributed by atoms with Crippen LogP contribution in [0.2, 0.25) is 0 Å². The number of ether oxygens (including phenoxy) is 1. The number of aryl methyl sites for hydroxylation is 1. The van der Waals surface area contributed by atoms with Crippen LogP contribution in [0.1, 0.15) is 36.7 Å². The molecule has 2 fully saturated rings. The minimum Gasteiger partial charge on any atom is -0.381 e. The van der Waals surface area contributed by atoms with Crippen molar-refractivity contribution in [1.29, 1.82) is 0 Å². The standard InChI is InChI=1S/C16H22N6O/c1-21-6-5-18-15(21)9-22(12-2-3-12)14-8-13(19-16(17)20-14)11-4-7-23-10-11/h5-6,8,11-12H,2-4,7,9-10H2,1H3,(H2,17,19,20)/t11-/m1/s1. The Balaban J connectivity index is 1.64. The summed E-state index contributed by atoms with van der Waals surface area (Å²) in [5.74, 6) is 2.60. The van der Waals surface area contributed by atoms with Crippen molar-refractivity contribution >= 4 is 11.8 Å². The fraction of sp³-hybridized carbons (Fsp3) is 0.562. The van der Waals surface area contributed by atoms with Gasteiger partial charge in [0.05, 0.1) is 18.8 Å². The summed E-state index contributed by atoms with van der Waals surface area (Å²) in [5.41, 5.74) is 6.97. The normalized spacial score (nSPS) is 20.8. The minimum absolute atomic E-state index is 0.327. The lowest BCUT2D eigenvalue weighted by Crippen LogP contribution is -2.28. The summed E-state index contributed by atoms with van der Waals surface area (Å²) in [7, 11) is 2.02. The predicted molar refractivity (Wildman–Crippen MR) is 87.0 cm³/mol. The molecule has 2 aromatic heterocycles. The molecule has 0 aromatic carbocycles. The lowest BCUT2D eigenvalue weighted by Gasteiger charge is -2.24. The van der Waals surface area contributed by atoms with Gasteiger partial charge in [-0.05, 0) is 19.3 Å². The Morgan fingerprint density at radius 3 is 2.87 bits per heavy atom. The molecule has 4 rings (SSSR count). The van der Waals surface area contributed by atoms with Gasteiger partial charge in [-0.15, -0.1) is 0 Å². The van der Waals surface area contributed by atoms with Crippen molar-refractivity contribution in [2.45, 2.75) is 37.8 Å². The molecule has 122 valence electrons. The molecule has 2 N–H and O–H groups in total. The van der Waals surface area contributed by atoms with E-state index >= 15 is 0 Å². The average molecular weight is 314 g/mol. The molecular formula is C16H22N6O. The highest BCUT2D eigenvalue weighted by atomic mass is 16.5. The van der Waals surface area contributed by atoms with Crippen LogP contribution in [0.3, 0.4) is 0 Å². The topological polar surface area (TPSA) is 82.1 Å². The van der Waals surface area contributed by atoms with Gasteiger partial charge in [0.15, 0.2) is 0 Å². The second kappa shape index (κ2) is 5.81. The van der Waals surface area contributed by atoms with Crippen LogP contribution in [0.25, 0.3) is 0 Å². The Labute approximate surface area is 135 Å². The van der Waals surface area contributed by atoms with Crippen molar-refractivity contribution in [3.8, 4) is 0 Å². The highest BCUT2D eigenvalue weighted by molar-refractivity contribution is 5.46. The second-order valence-corrected chi connectivity index (χ2v) is 6.38. The average Bonchev–Trinajstić information content (AvgIpc) is 3.06. The van der Waals surface area contributed by atoms with E-state index in [0.29, 0.717) is 17.9 Å². The highest BCUT2D eigenvalue weighted by Gasteiger charge is 2.32. The number of nitrogen functional groups attached to an aromatic ring is 1. The molecule has 0 radical (unpaired) electrons. The molecular weight excluding hydrogens is 292 g/mol. The SMILES string of the molecule is Cn1ccnc1CN(c1cc([C@@H]2CCOC2)nc(N)n1)C1CC1. The Hall–Kier alpha value is -2.15. The second-order valence-electron chi connectivity index (χ2n) is 6.38. The third-order valence-corrected chi connectivity index (χ3v) is 4.61. The van der Waals surface area contributed by atoms with Crippen LogP contribution in [-0.2, 0) is 18.3 Å². The zero-order valence-corrected chi connectivity index (χ0v) is 13.4. The maximum absolute atomic E-state index is 5.98. The van der Waals surface area contributed by atoms with E-state index in [-0.39, 0.29) is 0 Å². The number of rotatable bonds is 5. The van der Waals surface area contributed by atoms with Gasteiger partial charge >= 0.3 is 0 Å². The van der Waals surface area contributed by atoms with Gasteiger partial charge < -0.3 is 19.9 Å². The summed E-state index contributed by atoms with van der Waals surface area (Å²) in [6.07, 6.45) is 7.18. The lowest BCUT2D eigenvalue weighted by molar-refractivity contribution is 0.193. The Morgan fingerprint density at radius 2 is 2.22 bits per heavy atom. The summed E-state index contributed by atoms with van der Waals surface area (Å²) in [4.78, 5) is 15.7. The van der Waals surface area contributed by atoms with Crippen LogP contribution in [0.4, 0.5) is 11.8 Å². The van der Waals surface area contributed by atoms with Gasteiger partial charge in [-0.1, -0.05) is 0 Å². The molecule has 3 heterocycles. The van der Waals surface area contributed by atoms with E-state index in [1.807, 2.05) is 24.0 Å². The van der Waals surface area contributed by atoms with E-state index in [2.05, 4.69) is 25.9 Å². The van der Waals surface area contributed by atoms with Gasteiger partial charge in [0, 0.05) is 44.1 Å². The van der Waals surface area contributed by atoms with E-state index in [9.17, 15) is 0 Å². The van der Waals surface area contributed by atoms with Gasteiger partial charge in [0.25, 0.3) is 0 Å². The summed E-state index contributed by atoms with van der Waals surface area (Å²) in [5, 5.41) is 0. The smallest absolute Gasteiger partial charge is 0.222 e. The first-order valence-electron chi connectivity index (χ1n) is 8.16. The Morgan fingerprint density at radius 1 is 1.35 bits per heavy atom. The van der Waals surface area contributed by atoms with Gasteiger partial charge in [-0.3, -0.25) is 0 Å². The quantitative estimate of drug-likeness (QED) is 0.900. The van der Waals surface area contributed by atoms with Crippen LogP contribution in [-0.4, -0.2) is 38.8 Å². The first-order valence-corrected chi connectivity index (χ1v) is 8.16. The van der Waals surface area contributed by atoms with Crippen molar-refractivity contribution in [3.63, 3.8) is 0 Å². The van der Waals surface area contributed by atoms with Crippen molar-refractivity contribution in [3.05, 3.63) is 30.0 Å². The van der Waals surface area contributed by atoms with Gasteiger partial charge in [0.1, 0.15) is 11.6 Å². The molecule has 1 aliphatic carbocycles. The van der Waals surface area contributed by atoms with E-state index in [0.717, 1.165) is 43.5 Å². The van der Waals surface area contributed by atoms with E-state index in [4.69, 9.17) is 10.5 Å². The maximum atomic E-state index is 5.98. The number of hydrogen-bond donors (Lipinski definition) is 1. The van der Waals surface area contributed by atoms with Crippen LogP contribution < -0.4 is 10.6 Å². The largest absolute Gasteiger partial charge is 0.381 e. The monoisotopic (exact) mass is 314 g/mol. The van der Waals surface area contributed by atoms with Crippen molar-refractivity contribution in [2.75, 3.05) is 23.8 Å². The fourth-order valence-electron chi connectivity index (χ4n) is 3.08. The first-order chi connectivity index (χ1) is 11.2. The van der Waals surface area contributed by atoms with Crippen LogP contribution in [0.15, 0.2) is 18.5 Å². The molecule has 0 amide bonds. The number of nitrogens with zero attached hydrogens (tertiary/aromatic N) is 5. The van der Waals surface area contributed by atoms with Crippen LogP contribution in [0, 0.1) is 0 Å². The number of hydrogen-bond acceptors (Lipinski definition) is 6. The van der Waals surface area contributed by atoms with Crippen molar-refractivity contribution in [1.82, 2.24) is 19.5 Å². The minimum atomic E-state index is 0.327. The zero-order chi connectivity index (χ0) is 15.8. The molecule has 1 saturated heterocycles. The third kappa shape index (κ3) is 3.01. The van der Waals surface area contributed by atoms with Gasteiger partial charge in [-0.2, -0.15) is 4.98 Å². The molecule has 1 aliphatic heterocycles.